The SMILES string of the molecule is C=C(Oc1ncccc1C)c1cccc(C)c1-c1c(C)c(-c2c(C)cccc2-c2nc3cccnc3o2)c(C)c(-c2c(C)cccc2C(C)Oc2ncccc2NC)c1C. The molecule has 1 unspecified atom stereocenters. The summed E-state index contributed by atoms with van der Waals surface area (Å²) in [6, 6.07) is 30.6. The van der Waals surface area contributed by atoms with Crippen molar-refractivity contribution in [3.05, 3.63) is 166 Å². The van der Waals surface area contributed by atoms with Gasteiger partial charge in [-0.2, -0.15) is 0 Å². The molecule has 1 atom stereocenters. The first-order chi connectivity index (χ1) is 29.0. The quantitative estimate of drug-likeness (QED) is 0.129. The summed E-state index contributed by atoms with van der Waals surface area (Å²) in [7, 11) is 1.88. The van der Waals surface area contributed by atoms with Crippen LogP contribution in [0, 0.1) is 48.5 Å². The Hall–Kier alpha value is -7.06. The Morgan fingerprint density at radius 3 is 1.87 bits per heavy atom. The average molecular weight is 792 g/mol. The largest absolute Gasteiger partial charge is 0.468 e. The van der Waals surface area contributed by atoms with E-state index in [1.807, 2.05) is 50.4 Å². The predicted octanol–water partition coefficient (Wildman–Crippen LogP) is 13.1. The third-order valence-corrected chi connectivity index (χ3v) is 11.5. The first-order valence-corrected chi connectivity index (χ1v) is 20.2. The van der Waals surface area contributed by atoms with Crippen LogP contribution in [-0.4, -0.2) is 27.0 Å². The molecule has 4 aromatic carbocycles. The molecule has 60 heavy (non-hydrogen) atoms. The molecule has 4 heterocycles. The Labute approximate surface area is 352 Å². The van der Waals surface area contributed by atoms with E-state index >= 15 is 0 Å². The number of aromatic nitrogens is 4. The highest BCUT2D eigenvalue weighted by Crippen LogP contribution is 2.50. The second-order valence-corrected chi connectivity index (χ2v) is 15.4. The van der Waals surface area contributed by atoms with Crippen LogP contribution in [0.25, 0.3) is 61.8 Å². The monoisotopic (exact) mass is 791 g/mol. The second-order valence-electron chi connectivity index (χ2n) is 15.4. The standard InChI is InChI=1S/C52H49N5O3/c1-29-17-11-21-38(36(8)58-49-32(4)20-14-26-54-49)43(29)46-33(5)47(44-30(2)18-12-22-39(44)37(9)59-51-41(53-10)24-15-27-55-51)35(7)48(34(46)6)45-31(3)19-13-23-40(45)50-57-42-25-16-28-56-52(42)60-50/h11-28,37,53H,8H2,1-7,9-10H3. The van der Waals surface area contributed by atoms with Crippen LogP contribution in [0.4, 0.5) is 5.69 Å². The summed E-state index contributed by atoms with van der Waals surface area (Å²) in [5.41, 5.74) is 19.0. The van der Waals surface area contributed by atoms with Gasteiger partial charge in [0.25, 0.3) is 0 Å². The molecule has 300 valence electrons. The van der Waals surface area contributed by atoms with E-state index in [1.54, 1.807) is 18.6 Å². The molecular weight excluding hydrogens is 743 g/mol. The zero-order chi connectivity index (χ0) is 42.2. The Morgan fingerprint density at radius 2 is 1.17 bits per heavy atom. The third kappa shape index (κ3) is 7.08. The molecule has 0 aliphatic carbocycles. The normalized spacial score (nSPS) is 11.8. The van der Waals surface area contributed by atoms with Gasteiger partial charge in [0, 0.05) is 47.9 Å². The maximum atomic E-state index is 6.70. The number of fused-ring (bicyclic) bond motifs is 1. The summed E-state index contributed by atoms with van der Waals surface area (Å²) >= 11 is 0. The number of hydrogen-bond donors (Lipinski definition) is 1. The molecule has 0 radical (unpaired) electrons. The molecule has 0 bridgehead atoms. The summed E-state index contributed by atoms with van der Waals surface area (Å²) < 4.78 is 19.6. The highest BCUT2D eigenvalue weighted by atomic mass is 16.5. The van der Waals surface area contributed by atoms with E-state index < -0.39 is 0 Å². The molecule has 8 nitrogen and oxygen atoms in total. The lowest BCUT2D eigenvalue weighted by Crippen LogP contribution is -2.11. The molecule has 8 rings (SSSR count). The summed E-state index contributed by atoms with van der Waals surface area (Å²) in [6.07, 6.45) is 4.88. The van der Waals surface area contributed by atoms with Gasteiger partial charge in [-0.1, -0.05) is 61.2 Å². The maximum absolute atomic E-state index is 6.70. The summed E-state index contributed by atoms with van der Waals surface area (Å²) in [5.74, 6) is 2.10. The maximum Gasteiger partial charge on any atom is 0.247 e. The third-order valence-electron chi connectivity index (χ3n) is 11.5. The van der Waals surface area contributed by atoms with Crippen LogP contribution in [0.2, 0.25) is 0 Å². The number of hydrogen-bond acceptors (Lipinski definition) is 8. The molecule has 0 fully saturated rings. The molecule has 0 saturated heterocycles. The van der Waals surface area contributed by atoms with Gasteiger partial charge in [0.1, 0.15) is 17.4 Å². The average Bonchev–Trinajstić information content (AvgIpc) is 3.68. The minimum Gasteiger partial charge on any atom is -0.468 e. The number of benzene rings is 4. The van der Waals surface area contributed by atoms with Crippen molar-refractivity contribution in [1.29, 1.82) is 0 Å². The number of pyridine rings is 3. The summed E-state index contributed by atoms with van der Waals surface area (Å²) in [5, 5.41) is 3.23. The van der Waals surface area contributed by atoms with Crippen LogP contribution >= 0.6 is 0 Å². The number of nitrogens with zero attached hydrogens (tertiary/aromatic N) is 4. The Balaban J connectivity index is 1.44. The van der Waals surface area contributed by atoms with E-state index in [4.69, 9.17) is 18.9 Å². The molecule has 0 spiro atoms. The van der Waals surface area contributed by atoms with Gasteiger partial charge in [0.15, 0.2) is 0 Å². The van der Waals surface area contributed by atoms with Crippen molar-refractivity contribution >= 4 is 22.7 Å². The lowest BCUT2D eigenvalue weighted by molar-refractivity contribution is 0.219. The van der Waals surface area contributed by atoms with Gasteiger partial charge in [-0.05, 0) is 159 Å². The number of ether oxygens (including phenoxy) is 2. The molecule has 8 aromatic rings. The Kier molecular flexibility index (Phi) is 10.8. The van der Waals surface area contributed by atoms with E-state index in [0.29, 0.717) is 34.6 Å². The van der Waals surface area contributed by atoms with E-state index in [1.165, 1.54) is 0 Å². The number of aryl methyl sites for hydroxylation is 4. The summed E-state index contributed by atoms with van der Waals surface area (Å²) in [6.45, 7) is 21.8. The van der Waals surface area contributed by atoms with E-state index in [2.05, 4.69) is 130 Å². The van der Waals surface area contributed by atoms with Crippen LogP contribution in [0.15, 0.2) is 121 Å². The minimum absolute atomic E-state index is 0.348. The highest BCUT2D eigenvalue weighted by Gasteiger charge is 2.29. The lowest BCUT2D eigenvalue weighted by Gasteiger charge is -2.29. The number of nitrogens with one attached hydrogen (secondary N) is 1. The van der Waals surface area contributed by atoms with Crippen LogP contribution in [-0.2, 0) is 0 Å². The van der Waals surface area contributed by atoms with Gasteiger partial charge in [0.2, 0.25) is 23.4 Å². The van der Waals surface area contributed by atoms with Crippen molar-refractivity contribution in [2.24, 2.45) is 0 Å². The first kappa shape index (κ1) is 39.8. The molecule has 0 amide bonds. The van der Waals surface area contributed by atoms with Crippen molar-refractivity contribution in [2.45, 2.75) is 61.5 Å². The van der Waals surface area contributed by atoms with E-state index in [0.717, 1.165) is 94.7 Å². The van der Waals surface area contributed by atoms with Gasteiger partial charge < -0.3 is 19.2 Å². The number of anilines is 1. The van der Waals surface area contributed by atoms with Gasteiger partial charge in [0.05, 0.1) is 5.69 Å². The fraction of sp³-hybridized carbons (Fsp3) is 0.192. The fourth-order valence-corrected chi connectivity index (χ4v) is 8.66. The van der Waals surface area contributed by atoms with E-state index in [-0.39, 0.29) is 6.10 Å². The van der Waals surface area contributed by atoms with Crippen molar-refractivity contribution in [3.63, 3.8) is 0 Å². The Bertz CT molecular complexity index is 2910. The van der Waals surface area contributed by atoms with Crippen LogP contribution in [0.3, 0.4) is 0 Å². The smallest absolute Gasteiger partial charge is 0.247 e. The molecule has 4 aromatic heterocycles. The molecular formula is C52H49N5O3. The zero-order valence-corrected chi connectivity index (χ0v) is 35.7. The molecule has 0 aliphatic heterocycles. The Morgan fingerprint density at radius 1 is 0.600 bits per heavy atom. The van der Waals surface area contributed by atoms with Crippen LogP contribution in [0.1, 0.15) is 63.1 Å². The minimum atomic E-state index is -0.348. The zero-order valence-electron chi connectivity index (χ0n) is 35.7. The van der Waals surface area contributed by atoms with Crippen molar-refractivity contribution < 1.29 is 13.9 Å². The van der Waals surface area contributed by atoms with Crippen molar-refractivity contribution in [3.8, 4) is 56.6 Å². The van der Waals surface area contributed by atoms with Gasteiger partial charge in [-0.3, -0.25) is 0 Å². The number of oxazole rings is 1. The fourth-order valence-electron chi connectivity index (χ4n) is 8.66. The lowest BCUT2D eigenvalue weighted by atomic mass is 9.76. The number of rotatable bonds is 11. The molecule has 0 saturated carbocycles. The van der Waals surface area contributed by atoms with Crippen molar-refractivity contribution in [1.82, 2.24) is 19.9 Å². The predicted molar refractivity (Wildman–Crippen MR) is 243 cm³/mol. The van der Waals surface area contributed by atoms with Gasteiger partial charge in [-0.15, -0.1) is 0 Å². The van der Waals surface area contributed by atoms with Gasteiger partial charge >= 0.3 is 0 Å². The second kappa shape index (κ2) is 16.3. The van der Waals surface area contributed by atoms with Gasteiger partial charge in [-0.25, -0.2) is 19.9 Å². The first-order valence-electron chi connectivity index (χ1n) is 20.2. The molecule has 1 N–H and O–H groups in total. The van der Waals surface area contributed by atoms with Crippen LogP contribution < -0.4 is 14.8 Å². The summed E-state index contributed by atoms with van der Waals surface area (Å²) in [4.78, 5) is 18.6. The highest BCUT2D eigenvalue weighted by molar-refractivity contribution is 5.99. The molecule has 0 aliphatic rings. The van der Waals surface area contributed by atoms with E-state index in [9.17, 15) is 0 Å². The van der Waals surface area contributed by atoms with Crippen LogP contribution in [0.5, 0.6) is 11.8 Å². The molecule has 8 heteroatoms. The van der Waals surface area contributed by atoms with Crippen molar-refractivity contribution in [2.75, 3.05) is 12.4 Å². The topological polar surface area (TPSA) is 95.2 Å².